The topological polar surface area (TPSA) is 53.8 Å². The molecule has 0 aromatic heterocycles. The number of nitrogens with one attached hydrogen (secondary N) is 1. The fourth-order valence-corrected chi connectivity index (χ4v) is 1.05. The second kappa shape index (κ2) is 5.11. The van der Waals surface area contributed by atoms with Gasteiger partial charge in [-0.15, -0.1) is 0 Å². The molecule has 14 heavy (non-hydrogen) atoms. The lowest BCUT2D eigenvalue weighted by Crippen LogP contribution is -2.05. The molecule has 0 atom stereocenters. The molecule has 0 saturated carbocycles. The van der Waals surface area contributed by atoms with Crippen molar-refractivity contribution >= 4 is 11.6 Å². The zero-order chi connectivity index (χ0) is 10.4. The van der Waals surface area contributed by atoms with Crippen LogP contribution in [0.5, 0.6) is 0 Å². The van der Waals surface area contributed by atoms with Crippen LogP contribution in [0.15, 0.2) is 34.5 Å². The average Bonchev–Trinajstić information content (AvgIpc) is 2.16. The van der Waals surface area contributed by atoms with Gasteiger partial charge in [0.2, 0.25) is 5.91 Å². The first kappa shape index (κ1) is 10.4. The fourth-order valence-electron chi connectivity index (χ4n) is 1.05. The molecule has 1 aromatic carbocycles. The van der Waals surface area contributed by atoms with Gasteiger partial charge in [-0.2, -0.15) is 10.2 Å². The van der Waals surface area contributed by atoms with Gasteiger partial charge < -0.3 is 5.32 Å². The molecule has 0 heterocycles. The van der Waals surface area contributed by atoms with Crippen molar-refractivity contribution in [3.63, 3.8) is 0 Å². The maximum atomic E-state index is 10.7. The molecule has 1 rings (SSSR count). The summed E-state index contributed by atoms with van der Waals surface area (Å²) in [5.41, 5.74) is 1.87. The molecule has 0 aliphatic carbocycles. The molecular weight excluding hydrogens is 178 g/mol. The number of rotatable bonds is 3. The fraction of sp³-hybridized carbons (Fsp3) is 0.300. The molecule has 1 aromatic rings. The second-order valence-electron chi connectivity index (χ2n) is 2.88. The lowest BCUT2D eigenvalue weighted by atomic mass is 10.2. The summed E-state index contributed by atoms with van der Waals surface area (Å²) < 4.78 is 0. The Labute approximate surface area is 83.0 Å². The third-order valence-electron chi connectivity index (χ3n) is 1.67. The standard InChI is InChI=1S/C10H13N3O/c1-8(14)13-10-5-3-9(4-6-10)7-12-11-2/h3-6H,7H2,1-2H3,(H,13,14). The average molecular weight is 191 g/mol. The Balaban J connectivity index is 2.63. The summed E-state index contributed by atoms with van der Waals surface area (Å²) in [5, 5.41) is 10.2. The summed E-state index contributed by atoms with van der Waals surface area (Å²) in [7, 11) is 1.64. The maximum absolute atomic E-state index is 10.7. The van der Waals surface area contributed by atoms with Crippen molar-refractivity contribution < 1.29 is 4.79 Å². The Hall–Kier alpha value is -1.71. The van der Waals surface area contributed by atoms with Crippen LogP contribution in [0, 0.1) is 0 Å². The number of hydrogen-bond acceptors (Lipinski definition) is 3. The van der Waals surface area contributed by atoms with E-state index >= 15 is 0 Å². The third kappa shape index (κ3) is 3.35. The third-order valence-corrected chi connectivity index (χ3v) is 1.67. The van der Waals surface area contributed by atoms with E-state index in [9.17, 15) is 4.79 Å². The number of nitrogens with zero attached hydrogens (tertiary/aromatic N) is 2. The maximum Gasteiger partial charge on any atom is 0.221 e. The predicted octanol–water partition coefficient (Wildman–Crippen LogP) is 2.23. The summed E-state index contributed by atoms with van der Waals surface area (Å²) in [6.45, 7) is 2.07. The number of amides is 1. The molecular formula is C10H13N3O. The van der Waals surface area contributed by atoms with E-state index in [1.807, 2.05) is 24.3 Å². The number of azo groups is 1. The predicted molar refractivity (Wildman–Crippen MR) is 55.2 cm³/mol. The van der Waals surface area contributed by atoms with Crippen LogP contribution in [-0.4, -0.2) is 13.0 Å². The summed E-state index contributed by atoms with van der Waals surface area (Å²) in [6.07, 6.45) is 0. The van der Waals surface area contributed by atoms with Gasteiger partial charge in [0.25, 0.3) is 0 Å². The van der Waals surface area contributed by atoms with Gasteiger partial charge in [-0.3, -0.25) is 4.79 Å². The Morgan fingerprint density at radius 3 is 2.50 bits per heavy atom. The Kier molecular flexibility index (Phi) is 3.79. The first-order chi connectivity index (χ1) is 6.72. The molecule has 4 heteroatoms. The molecule has 0 aliphatic rings. The first-order valence-corrected chi connectivity index (χ1v) is 4.34. The minimum Gasteiger partial charge on any atom is -0.326 e. The van der Waals surface area contributed by atoms with Crippen molar-refractivity contribution in [2.75, 3.05) is 12.4 Å². The van der Waals surface area contributed by atoms with Crippen LogP contribution in [0.25, 0.3) is 0 Å². The number of anilines is 1. The van der Waals surface area contributed by atoms with Crippen LogP contribution in [0.4, 0.5) is 5.69 Å². The van der Waals surface area contributed by atoms with Gasteiger partial charge in [-0.25, -0.2) is 0 Å². The molecule has 0 bridgehead atoms. The molecule has 0 saturated heterocycles. The molecule has 1 N–H and O–H groups in total. The zero-order valence-electron chi connectivity index (χ0n) is 8.32. The highest BCUT2D eigenvalue weighted by molar-refractivity contribution is 5.88. The summed E-state index contributed by atoms with van der Waals surface area (Å²) in [6, 6.07) is 7.53. The lowest BCUT2D eigenvalue weighted by molar-refractivity contribution is -0.114. The van der Waals surface area contributed by atoms with Crippen molar-refractivity contribution in [1.82, 2.24) is 0 Å². The Morgan fingerprint density at radius 2 is 2.00 bits per heavy atom. The van der Waals surface area contributed by atoms with Crippen molar-refractivity contribution in [3.8, 4) is 0 Å². The largest absolute Gasteiger partial charge is 0.326 e. The molecule has 4 nitrogen and oxygen atoms in total. The van der Waals surface area contributed by atoms with Crippen LogP contribution in [0.2, 0.25) is 0 Å². The van der Waals surface area contributed by atoms with E-state index in [1.165, 1.54) is 6.92 Å². The quantitative estimate of drug-likeness (QED) is 0.732. The zero-order valence-corrected chi connectivity index (χ0v) is 8.32. The van der Waals surface area contributed by atoms with E-state index in [0.717, 1.165) is 11.3 Å². The van der Waals surface area contributed by atoms with E-state index in [2.05, 4.69) is 15.5 Å². The first-order valence-electron chi connectivity index (χ1n) is 4.34. The van der Waals surface area contributed by atoms with Gasteiger partial charge in [-0.1, -0.05) is 12.1 Å². The second-order valence-corrected chi connectivity index (χ2v) is 2.88. The van der Waals surface area contributed by atoms with Crippen molar-refractivity contribution in [2.45, 2.75) is 13.5 Å². The highest BCUT2D eigenvalue weighted by Crippen LogP contribution is 2.10. The van der Waals surface area contributed by atoms with Crippen molar-refractivity contribution in [2.24, 2.45) is 10.2 Å². The molecule has 74 valence electrons. The lowest BCUT2D eigenvalue weighted by Gasteiger charge is -2.02. The van der Waals surface area contributed by atoms with Crippen LogP contribution >= 0.6 is 0 Å². The molecule has 0 aliphatic heterocycles. The summed E-state index contributed by atoms with van der Waals surface area (Å²) in [5.74, 6) is -0.0639. The number of hydrogen-bond donors (Lipinski definition) is 1. The van der Waals surface area contributed by atoms with Gasteiger partial charge in [0.15, 0.2) is 0 Å². The van der Waals surface area contributed by atoms with E-state index in [1.54, 1.807) is 7.05 Å². The molecule has 0 radical (unpaired) electrons. The number of carbonyl (C=O) groups is 1. The van der Waals surface area contributed by atoms with Crippen LogP contribution in [0.3, 0.4) is 0 Å². The minimum absolute atomic E-state index is 0.0639. The smallest absolute Gasteiger partial charge is 0.221 e. The SMILES string of the molecule is CN=NCc1ccc(NC(C)=O)cc1. The van der Waals surface area contributed by atoms with Gasteiger partial charge in [0.05, 0.1) is 6.54 Å². The van der Waals surface area contributed by atoms with Gasteiger partial charge in [-0.05, 0) is 17.7 Å². The Morgan fingerprint density at radius 1 is 1.36 bits per heavy atom. The minimum atomic E-state index is -0.0639. The molecule has 0 spiro atoms. The van der Waals surface area contributed by atoms with Gasteiger partial charge in [0, 0.05) is 19.7 Å². The Bertz CT molecular complexity index is 330. The number of carbonyl (C=O) groups excluding carboxylic acids is 1. The van der Waals surface area contributed by atoms with E-state index in [0.29, 0.717) is 6.54 Å². The molecule has 0 fully saturated rings. The molecule has 1 amide bonds. The monoisotopic (exact) mass is 191 g/mol. The highest BCUT2D eigenvalue weighted by atomic mass is 16.1. The van der Waals surface area contributed by atoms with E-state index in [-0.39, 0.29) is 5.91 Å². The van der Waals surface area contributed by atoms with Crippen LogP contribution in [-0.2, 0) is 11.3 Å². The van der Waals surface area contributed by atoms with Gasteiger partial charge in [0.1, 0.15) is 0 Å². The van der Waals surface area contributed by atoms with E-state index in [4.69, 9.17) is 0 Å². The van der Waals surface area contributed by atoms with Crippen molar-refractivity contribution in [3.05, 3.63) is 29.8 Å². The van der Waals surface area contributed by atoms with Crippen molar-refractivity contribution in [1.29, 1.82) is 0 Å². The normalized spacial score (nSPS) is 10.4. The summed E-state index contributed by atoms with van der Waals surface area (Å²) in [4.78, 5) is 10.7. The van der Waals surface area contributed by atoms with Gasteiger partial charge >= 0.3 is 0 Å². The number of benzene rings is 1. The molecule has 0 unspecified atom stereocenters. The highest BCUT2D eigenvalue weighted by Gasteiger charge is 1.95. The van der Waals surface area contributed by atoms with E-state index < -0.39 is 0 Å². The van der Waals surface area contributed by atoms with Crippen LogP contribution in [0.1, 0.15) is 12.5 Å². The van der Waals surface area contributed by atoms with Crippen LogP contribution < -0.4 is 5.32 Å². The summed E-state index contributed by atoms with van der Waals surface area (Å²) >= 11 is 0.